The van der Waals surface area contributed by atoms with Crippen molar-refractivity contribution in [2.24, 2.45) is 0 Å². The summed E-state index contributed by atoms with van der Waals surface area (Å²) in [5, 5.41) is 0. The zero-order valence-corrected chi connectivity index (χ0v) is 16.4. The lowest BCUT2D eigenvalue weighted by Crippen LogP contribution is -2.33. The monoisotopic (exact) mass is 389 g/mol. The first-order valence-corrected chi connectivity index (χ1v) is 10.2. The van der Waals surface area contributed by atoms with E-state index in [1.807, 2.05) is 37.3 Å². The Morgan fingerprint density at radius 3 is 2.26 bits per heavy atom. The number of ether oxygens (including phenoxy) is 1. The fourth-order valence-corrected chi connectivity index (χ4v) is 3.62. The summed E-state index contributed by atoms with van der Waals surface area (Å²) in [6.07, 6.45) is 0. The van der Waals surface area contributed by atoms with Gasteiger partial charge in [0, 0.05) is 7.05 Å². The largest absolute Gasteiger partial charge is 0.452 e. The predicted octanol–water partition coefficient (Wildman–Crippen LogP) is 2.86. The number of nitrogens with zero attached hydrogens (tertiary/aromatic N) is 1. The Hall–Kier alpha value is -2.67. The Morgan fingerprint density at radius 1 is 1.04 bits per heavy atom. The SMILES string of the molecule is CCS(=O)(=O)c1ccccc1C(=O)OCC(=O)N(C)[C@H](C)c1ccccc1. The van der Waals surface area contributed by atoms with E-state index >= 15 is 0 Å². The number of carbonyl (C=O) groups excluding carboxylic acids is 2. The summed E-state index contributed by atoms with van der Waals surface area (Å²) < 4.78 is 29.4. The van der Waals surface area contributed by atoms with Crippen molar-refractivity contribution in [2.75, 3.05) is 19.4 Å². The van der Waals surface area contributed by atoms with Crippen LogP contribution in [-0.2, 0) is 19.4 Å². The number of hydrogen-bond acceptors (Lipinski definition) is 5. The maximum Gasteiger partial charge on any atom is 0.339 e. The molecular formula is C20H23NO5S. The van der Waals surface area contributed by atoms with Gasteiger partial charge in [0.2, 0.25) is 0 Å². The third-order valence-corrected chi connectivity index (χ3v) is 6.19. The van der Waals surface area contributed by atoms with Gasteiger partial charge in [0.25, 0.3) is 5.91 Å². The van der Waals surface area contributed by atoms with Gasteiger partial charge in [0.1, 0.15) is 0 Å². The van der Waals surface area contributed by atoms with Crippen LogP contribution >= 0.6 is 0 Å². The summed E-state index contributed by atoms with van der Waals surface area (Å²) in [6, 6.07) is 15.1. The average Bonchev–Trinajstić information content (AvgIpc) is 2.71. The van der Waals surface area contributed by atoms with Gasteiger partial charge < -0.3 is 9.64 Å². The first-order valence-electron chi connectivity index (χ1n) is 8.57. The second-order valence-corrected chi connectivity index (χ2v) is 8.31. The Bertz CT molecular complexity index is 909. The van der Waals surface area contributed by atoms with E-state index in [9.17, 15) is 18.0 Å². The number of sulfone groups is 1. The van der Waals surface area contributed by atoms with Crippen LogP contribution in [0.4, 0.5) is 0 Å². The number of carbonyl (C=O) groups is 2. The number of amides is 1. The third kappa shape index (κ3) is 4.95. The molecule has 0 aromatic heterocycles. The minimum absolute atomic E-state index is 0.0640. The maximum absolute atomic E-state index is 12.4. The van der Waals surface area contributed by atoms with Crippen LogP contribution in [0.15, 0.2) is 59.5 Å². The fourth-order valence-electron chi connectivity index (χ4n) is 2.54. The Balaban J connectivity index is 2.07. The van der Waals surface area contributed by atoms with Gasteiger partial charge in [-0.15, -0.1) is 0 Å². The molecule has 0 spiro atoms. The lowest BCUT2D eigenvalue weighted by atomic mass is 10.1. The summed E-state index contributed by atoms with van der Waals surface area (Å²) in [4.78, 5) is 26.1. The summed E-state index contributed by atoms with van der Waals surface area (Å²) in [7, 11) is -1.95. The molecule has 2 aromatic carbocycles. The molecular weight excluding hydrogens is 366 g/mol. The first kappa shape index (κ1) is 20.6. The minimum Gasteiger partial charge on any atom is -0.452 e. The highest BCUT2D eigenvalue weighted by molar-refractivity contribution is 7.91. The van der Waals surface area contributed by atoms with Gasteiger partial charge in [-0.2, -0.15) is 0 Å². The van der Waals surface area contributed by atoms with E-state index in [4.69, 9.17) is 4.74 Å². The number of likely N-dealkylation sites (N-methyl/N-ethyl adjacent to an activating group) is 1. The van der Waals surface area contributed by atoms with Crippen molar-refractivity contribution in [1.29, 1.82) is 0 Å². The number of hydrogen-bond donors (Lipinski definition) is 0. The van der Waals surface area contributed by atoms with Crippen molar-refractivity contribution in [3.63, 3.8) is 0 Å². The number of esters is 1. The number of benzene rings is 2. The molecule has 144 valence electrons. The molecule has 27 heavy (non-hydrogen) atoms. The van der Waals surface area contributed by atoms with Gasteiger partial charge >= 0.3 is 5.97 Å². The van der Waals surface area contributed by atoms with Crippen molar-refractivity contribution in [3.8, 4) is 0 Å². The normalized spacial score (nSPS) is 12.3. The molecule has 7 heteroatoms. The third-order valence-electron chi connectivity index (χ3n) is 4.41. The highest BCUT2D eigenvalue weighted by Crippen LogP contribution is 2.20. The Labute approximate surface area is 159 Å². The van der Waals surface area contributed by atoms with Crippen LogP contribution in [0.25, 0.3) is 0 Å². The maximum atomic E-state index is 12.4. The summed E-state index contributed by atoms with van der Waals surface area (Å²) in [6.45, 7) is 2.91. The molecule has 0 bridgehead atoms. The molecule has 2 rings (SSSR count). The van der Waals surface area contributed by atoms with E-state index in [0.29, 0.717) is 0 Å². The van der Waals surface area contributed by atoms with Gasteiger partial charge in [-0.05, 0) is 24.6 Å². The van der Waals surface area contributed by atoms with Gasteiger partial charge in [-0.3, -0.25) is 4.79 Å². The summed E-state index contributed by atoms with van der Waals surface area (Å²) in [5.41, 5.74) is 0.893. The average molecular weight is 389 g/mol. The molecule has 0 fully saturated rings. The second-order valence-electron chi connectivity index (χ2n) is 6.07. The van der Waals surface area contributed by atoms with Crippen LogP contribution in [0.5, 0.6) is 0 Å². The lowest BCUT2D eigenvalue weighted by molar-refractivity contribution is -0.135. The van der Waals surface area contributed by atoms with Gasteiger partial charge in [0.05, 0.1) is 22.3 Å². The molecule has 6 nitrogen and oxygen atoms in total. The Morgan fingerprint density at radius 2 is 1.63 bits per heavy atom. The van der Waals surface area contributed by atoms with E-state index in [1.54, 1.807) is 19.2 Å². The molecule has 1 amide bonds. The fraction of sp³-hybridized carbons (Fsp3) is 0.300. The van der Waals surface area contributed by atoms with E-state index in [0.717, 1.165) is 5.56 Å². The van der Waals surface area contributed by atoms with Crippen LogP contribution in [0.1, 0.15) is 35.8 Å². The molecule has 0 aliphatic rings. The van der Waals surface area contributed by atoms with Crippen molar-refractivity contribution in [3.05, 3.63) is 65.7 Å². The van der Waals surface area contributed by atoms with Crippen molar-refractivity contribution in [1.82, 2.24) is 4.90 Å². The first-order chi connectivity index (χ1) is 12.8. The van der Waals surface area contributed by atoms with Crippen LogP contribution in [0.3, 0.4) is 0 Å². The van der Waals surface area contributed by atoms with Crippen LogP contribution in [0.2, 0.25) is 0 Å². The molecule has 0 saturated heterocycles. The molecule has 0 aliphatic heterocycles. The molecule has 0 saturated carbocycles. The molecule has 2 aromatic rings. The van der Waals surface area contributed by atoms with Crippen molar-refractivity contribution >= 4 is 21.7 Å². The standard InChI is InChI=1S/C20H23NO5S/c1-4-27(24,25)18-13-9-8-12-17(18)20(23)26-14-19(22)21(3)15(2)16-10-6-5-7-11-16/h5-13,15H,4,14H2,1-3H3/t15-/m1/s1. The highest BCUT2D eigenvalue weighted by Gasteiger charge is 2.23. The quantitative estimate of drug-likeness (QED) is 0.680. The van der Waals surface area contributed by atoms with E-state index in [-0.39, 0.29) is 28.2 Å². The second kappa shape index (κ2) is 8.81. The zero-order chi connectivity index (χ0) is 20.0. The topological polar surface area (TPSA) is 80.7 Å². The lowest BCUT2D eigenvalue weighted by Gasteiger charge is -2.25. The van der Waals surface area contributed by atoms with Crippen LogP contribution in [0, 0.1) is 0 Å². The predicted molar refractivity (Wildman–Crippen MR) is 102 cm³/mol. The van der Waals surface area contributed by atoms with E-state index < -0.39 is 22.4 Å². The van der Waals surface area contributed by atoms with Crippen molar-refractivity contribution in [2.45, 2.75) is 24.8 Å². The molecule has 1 atom stereocenters. The molecule has 0 N–H and O–H groups in total. The highest BCUT2D eigenvalue weighted by atomic mass is 32.2. The minimum atomic E-state index is -3.57. The van der Waals surface area contributed by atoms with Gasteiger partial charge in [-0.25, -0.2) is 13.2 Å². The van der Waals surface area contributed by atoms with Crippen LogP contribution < -0.4 is 0 Å². The zero-order valence-electron chi connectivity index (χ0n) is 15.6. The summed E-state index contributed by atoms with van der Waals surface area (Å²) >= 11 is 0. The molecule has 0 unspecified atom stereocenters. The van der Waals surface area contributed by atoms with Crippen LogP contribution in [-0.4, -0.2) is 44.6 Å². The smallest absolute Gasteiger partial charge is 0.339 e. The molecule has 0 aliphatic carbocycles. The van der Waals surface area contributed by atoms with Crippen molar-refractivity contribution < 1.29 is 22.7 Å². The molecule has 0 radical (unpaired) electrons. The summed E-state index contributed by atoms with van der Waals surface area (Å²) in [5.74, 6) is -1.35. The van der Waals surface area contributed by atoms with Gasteiger partial charge in [0.15, 0.2) is 16.4 Å². The number of rotatable bonds is 7. The Kier molecular flexibility index (Phi) is 6.74. The van der Waals surface area contributed by atoms with Gasteiger partial charge in [-0.1, -0.05) is 49.4 Å². The molecule has 0 heterocycles. The van der Waals surface area contributed by atoms with E-state index in [1.165, 1.54) is 24.0 Å². The van der Waals surface area contributed by atoms with E-state index in [2.05, 4.69) is 0 Å².